The zero-order valence-corrected chi connectivity index (χ0v) is 17.3. The van der Waals surface area contributed by atoms with E-state index in [0.29, 0.717) is 31.0 Å². The summed E-state index contributed by atoms with van der Waals surface area (Å²) < 4.78 is 34.2. The molecule has 0 radical (unpaired) electrons. The molecule has 0 bridgehead atoms. The van der Waals surface area contributed by atoms with E-state index < -0.39 is 10.0 Å². The summed E-state index contributed by atoms with van der Waals surface area (Å²) in [5.74, 6) is 1.55. The SMILES string of the molecule is COc1ccc(-n2nnnc2C2CCN(S(=O)(=O)c3cccc(Cl)c3)CC2)cc1. The van der Waals surface area contributed by atoms with Crippen LogP contribution in [0.1, 0.15) is 24.6 Å². The lowest BCUT2D eigenvalue weighted by Gasteiger charge is -2.30. The van der Waals surface area contributed by atoms with Gasteiger partial charge in [0, 0.05) is 24.0 Å². The van der Waals surface area contributed by atoms with Crippen molar-refractivity contribution in [2.75, 3.05) is 20.2 Å². The first kappa shape index (κ1) is 19.8. The van der Waals surface area contributed by atoms with Gasteiger partial charge in [0.25, 0.3) is 0 Å². The zero-order valence-electron chi connectivity index (χ0n) is 15.8. The van der Waals surface area contributed by atoms with E-state index in [1.54, 1.807) is 30.0 Å². The summed E-state index contributed by atoms with van der Waals surface area (Å²) in [6.07, 6.45) is 1.27. The van der Waals surface area contributed by atoms with E-state index in [9.17, 15) is 8.42 Å². The first-order chi connectivity index (χ1) is 14.0. The Kier molecular flexibility index (Phi) is 5.53. The van der Waals surface area contributed by atoms with E-state index in [2.05, 4.69) is 15.5 Å². The molecule has 1 aliphatic heterocycles. The Morgan fingerprint density at radius 2 is 1.83 bits per heavy atom. The maximum Gasteiger partial charge on any atom is 0.243 e. The normalized spacial score (nSPS) is 16.1. The highest BCUT2D eigenvalue weighted by atomic mass is 35.5. The standard InChI is InChI=1S/C19H20ClN5O3S/c1-28-17-7-5-16(6-8-17)25-19(21-22-23-25)14-9-11-24(12-10-14)29(26,27)18-4-2-3-15(20)13-18/h2-8,13-14H,9-12H2,1H3. The number of hydrogen-bond acceptors (Lipinski definition) is 6. The molecule has 1 fully saturated rings. The predicted octanol–water partition coefficient (Wildman–Crippen LogP) is 2.89. The predicted molar refractivity (Wildman–Crippen MR) is 108 cm³/mol. The highest BCUT2D eigenvalue weighted by Crippen LogP contribution is 2.31. The average molecular weight is 434 g/mol. The lowest BCUT2D eigenvalue weighted by Crippen LogP contribution is -2.38. The van der Waals surface area contributed by atoms with E-state index in [0.717, 1.165) is 17.3 Å². The van der Waals surface area contributed by atoms with Crippen molar-refractivity contribution < 1.29 is 13.2 Å². The summed E-state index contributed by atoms with van der Waals surface area (Å²) in [6, 6.07) is 13.8. The fourth-order valence-corrected chi connectivity index (χ4v) is 5.26. The lowest BCUT2D eigenvalue weighted by molar-refractivity contribution is 0.311. The summed E-state index contributed by atoms with van der Waals surface area (Å²) in [6.45, 7) is 0.796. The maximum absolute atomic E-state index is 12.9. The second-order valence-corrected chi connectivity index (χ2v) is 9.16. The topological polar surface area (TPSA) is 90.2 Å². The minimum atomic E-state index is -3.57. The quantitative estimate of drug-likeness (QED) is 0.614. The molecular weight excluding hydrogens is 414 g/mol. The van der Waals surface area contributed by atoms with Crippen LogP contribution in [0.4, 0.5) is 0 Å². The van der Waals surface area contributed by atoms with Crippen LogP contribution in [0.2, 0.25) is 5.02 Å². The Morgan fingerprint density at radius 3 is 2.48 bits per heavy atom. The monoisotopic (exact) mass is 433 g/mol. The molecule has 0 amide bonds. The van der Waals surface area contributed by atoms with Gasteiger partial charge < -0.3 is 4.74 Å². The van der Waals surface area contributed by atoms with E-state index in [1.165, 1.54) is 10.4 Å². The molecule has 0 atom stereocenters. The third kappa shape index (κ3) is 3.98. The lowest BCUT2D eigenvalue weighted by atomic mass is 9.97. The van der Waals surface area contributed by atoms with Crippen molar-refractivity contribution in [1.29, 1.82) is 0 Å². The van der Waals surface area contributed by atoms with Gasteiger partial charge in [0.05, 0.1) is 17.7 Å². The molecule has 152 valence electrons. The van der Waals surface area contributed by atoms with Crippen molar-refractivity contribution in [1.82, 2.24) is 24.5 Å². The summed E-state index contributed by atoms with van der Waals surface area (Å²) >= 11 is 5.96. The van der Waals surface area contributed by atoms with E-state index in [1.807, 2.05) is 24.3 Å². The number of ether oxygens (including phenoxy) is 1. The number of nitrogens with zero attached hydrogens (tertiary/aromatic N) is 5. The van der Waals surface area contributed by atoms with Gasteiger partial charge in [0.2, 0.25) is 10.0 Å². The molecule has 8 nitrogen and oxygen atoms in total. The molecule has 3 aromatic rings. The molecule has 1 aromatic heterocycles. The third-order valence-electron chi connectivity index (χ3n) is 5.06. The molecule has 0 aliphatic carbocycles. The average Bonchev–Trinajstić information content (AvgIpc) is 3.24. The molecule has 2 heterocycles. The summed E-state index contributed by atoms with van der Waals surface area (Å²) in [4.78, 5) is 0.214. The Balaban J connectivity index is 1.50. The number of halogens is 1. The van der Waals surface area contributed by atoms with Crippen LogP contribution in [0.15, 0.2) is 53.4 Å². The van der Waals surface area contributed by atoms with Crippen LogP contribution in [-0.2, 0) is 10.0 Å². The van der Waals surface area contributed by atoms with Crippen molar-refractivity contribution in [2.45, 2.75) is 23.7 Å². The van der Waals surface area contributed by atoms with Gasteiger partial charge >= 0.3 is 0 Å². The number of tetrazole rings is 1. The number of hydrogen-bond donors (Lipinski definition) is 0. The van der Waals surface area contributed by atoms with Crippen molar-refractivity contribution in [2.24, 2.45) is 0 Å². The molecule has 1 aliphatic rings. The number of piperidine rings is 1. The van der Waals surface area contributed by atoms with E-state index in [4.69, 9.17) is 16.3 Å². The molecular formula is C19H20ClN5O3S. The molecule has 2 aromatic carbocycles. The van der Waals surface area contributed by atoms with Crippen molar-refractivity contribution in [3.63, 3.8) is 0 Å². The molecule has 10 heteroatoms. The maximum atomic E-state index is 12.9. The van der Waals surface area contributed by atoms with Crippen LogP contribution in [0.25, 0.3) is 5.69 Å². The van der Waals surface area contributed by atoms with Crippen LogP contribution in [-0.4, -0.2) is 53.1 Å². The molecule has 29 heavy (non-hydrogen) atoms. The smallest absolute Gasteiger partial charge is 0.243 e. The van der Waals surface area contributed by atoms with Gasteiger partial charge in [-0.1, -0.05) is 17.7 Å². The Morgan fingerprint density at radius 1 is 1.10 bits per heavy atom. The Bertz CT molecular complexity index is 1090. The van der Waals surface area contributed by atoms with Crippen LogP contribution < -0.4 is 4.74 Å². The van der Waals surface area contributed by atoms with Gasteiger partial charge in [-0.3, -0.25) is 0 Å². The Labute approximate surface area is 174 Å². The number of methoxy groups -OCH3 is 1. The van der Waals surface area contributed by atoms with Gasteiger partial charge in [-0.25, -0.2) is 8.42 Å². The van der Waals surface area contributed by atoms with Crippen LogP contribution in [0.5, 0.6) is 5.75 Å². The van der Waals surface area contributed by atoms with Crippen LogP contribution >= 0.6 is 11.6 Å². The molecule has 0 spiro atoms. The van der Waals surface area contributed by atoms with Crippen LogP contribution in [0, 0.1) is 0 Å². The molecule has 0 saturated carbocycles. The highest BCUT2D eigenvalue weighted by molar-refractivity contribution is 7.89. The van der Waals surface area contributed by atoms with E-state index in [-0.39, 0.29) is 10.8 Å². The van der Waals surface area contributed by atoms with Gasteiger partial charge in [-0.05, 0) is 65.7 Å². The van der Waals surface area contributed by atoms with E-state index >= 15 is 0 Å². The van der Waals surface area contributed by atoms with Crippen molar-refractivity contribution >= 4 is 21.6 Å². The van der Waals surface area contributed by atoms with Crippen molar-refractivity contribution in [3.05, 3.63) is 59.4 Å². The molecule has 0 unspecified atom stereocenters. The fourth-order valence-electron chi connectivity index (χ4n) is 3.49. The summed E-state index contributed by atoms with van der Waals surface area (Å²) in [5.41, 5.74) is 0.833. The summed E-state index contributed by atoms with van der Waals surface area (Å²) in [5, 5.41) is 12.5. The minimum Gasteiger partial charge on any atom is -0.497 e. The van der Waals surface area contributed by atoms with Gasteiger partial charge in [0.1, 0.15) is 5.75 Å². The first-order valence-electron chi connectivity index (χ1n) is 9.17. The Hall–Kier alpha value is -2.49. The van der Waals surface area contributed by atoms with Gasteiger partial charge in [-0.2, -0.15) is 8.99 Å². The third-order valence-corrected chi connectivity index (χ3v) is 7.19. The fraction of sp³-hybridized carbons (Fsp3) is 0.316. The highest BCUT2D eigenvalue weighted by Gasteiger charge is 2.32. The zero-order chi connectivity index (χ0) is 20.4. The van der Waals surface area contributed by atoms with Crippen molar-refractivity contribution in [3.8, 4) is 11.4 Å². The number of sulfonamides is 1. The molecule has 0 N–H and O–H groups in total. The first-order valence-corrected chi connectivity index (χ1v) is 11.0. The number of benzene rings is 2. The number of rotatable bonds is 5. The molecule has 1 saturated heterocycles. The minimum absolute atomic E-state index is 0.0675. The van der Waals surface area contributed by atoms with Gasteiger partial charge in [-0.15, -0.1) is 5.10 Å². The number of aromatic nitrogens is 4. The second kappa shape index (κ2) is 8.10. The molecule has 4 rings (SSSR count). The summed E-state index contributed by atoms with van der Waals surface area (Å²) in [7, 11) is -1.96. The van der Waals surface area contributed by atoms with Crippen LogP contribution in [0.3, 0.4) is 0 Å². The largest absolute Gasteiger partial charge is 0.497 e. The second-order valence-electron chi connectivity index (χ2n) is 6.78. The van der Waals surface area contributed by atoms with Gasteiger partial charge in [0.15, 0.2) is 5.82 Å².